The highest BCUT2D eigenvalue weighted by molar-refractivity contribution is 6.16. The summed E-state index contributed by atoms with van der Waals surface area (Å²) in [5.41, 5.74) is 0.932. The number of rotatable bonds is 2. The largest absolute Gasteiger partial charge is 0.444 e. The zero-order chi connectivity index (χ0) is 10.8. The van der Waals surface area contributed by atoms with Crippen molar-refractivity contribution in [2.75, 3.05) is 0 Å². The van der Waals surface area contributed by atoms with Crippen molar-refractivity contribution in [2.45, 2.75) is 5.88 Å². The number of halogens is 3. The molecule has 0 atom stereocenters. The average Bonchev–Trinajstić information content (AvgIpc) is 2.70. The van der Waals surface area contributed by atoms with Gasteiger partial charge in [-0.15, -0.1) is 11.6 Å². The molecule has 0 aliphatic carbocycles. The molecule has 0 N–H and O–H groups in total. The Bertz CT molecular complexity index is 484. The summed E-state index contributed by atoms with van der Waals surface area (Å²) in [6, 6.07) is 3.44. The lowest BCUT2D eigenvalue weighted by Crippen LogP contribution is -1.85. The predicted octanol–water partition coefficient (Wildman–Crippen LogP) is 3.36. The highest BCUT2D eigenvalue weighted by atomic mass is 35.5. The van der Waals surface area contributed by atoms with E-state index in [9.17, 15) is 8.78 Å². The number of hydrogen-bond acceptors (Lipinski definition) is 2. The molecule has 15 heavy (non-hydrogen) atoms. The molecule has 1 aromatic carbocycles. The van der Waals surface area contributed by atoms with Gasteiger partial charge in [-0.2, -0.15) is 0 Å². The summed E-state index contributed by atoms with van der Waals surface area (Å²) in [7, 11) is 0. The maximum atomic E-state index is 12.9. The number of benzene rings is 1. The monoisotopic (exact) mass is 229 g/mol. The van der Waals surface area contributed by atoms with E-state index in [1.807, 2.05) is 0 Å². The van der Waals surface area contributed by atoms with Crippen LogP contribution in [0.15, 0.2) is 28.9 Å². The fourth-order valence-electron chi connectivity index (χ4n) is 1.13. The predicted molar refractivity (Wildman–Crippen MR) is 51.4 cm³/mol. The Labute approximate surface area is 89.5 Å². The van der Waals surface area contributed by atoms with Crippen LogP contribution in [0.2, 0.25) is 0 Å². The van der Waals surface area contributed by atoms with E-state index in [2.05, 4.69) is 4.98 Å². The Morgan fingerprint density at radius 3 is 2.67 bits per heavy atom. The number of alkyl halides is 1. The SMILES string of the molecule is Fc1ccc(-c2nc(CCl)co2)cc1F. The van der Waals surface area contributed by atoms with Crippen LogP contribution in [0.4, 0.5) is 8.78 Å². The Balaban J connectivity index is 2.40. The zero-order valence-corrected chi connectivity index (χ0v) is 8.26. The number of nitrogens with zero attached hydrogens (tertiary/aromatic N) is 1. The molecule has 2 rings (SSSR count). The summed E-state index contributed by atoms with van der Waals surface area (Å²) in [5, 5.41) is 0. The van der Waals surface area contributed by atoms with E-state index in [-0.39, 0.29) is 11.8 Å². The molecule has 78 valence electrons. The Kier molecular flexibility index (Phi) is 2.68. The minimum Gasteiger partial charge on any atom is -0.444 e. The zero-order valence-electron chi connectivity index (χ0n) is 7.51. The smallest absolute Gasteiger partial charge is 0.226 e. The van der Waals surface area contributed by atoms with Gasteiger partial charge in [-0.3, -0.25) is 0 Å². The lowest BCUT2D eigenvalue weighted by Gasteiger charge is -1.96. The summed E-state index contributed by atoms with van der Waals surface area (Å²) in [4.78, 5) is 3.98. The molecule has 0 aliphatic rings. The molecule has 0 unspecified atom stereocenters. The van der Waals surface area contributed by atoms with E-state index in [1.165, 1.54) is 12.3 Å². The number of hydrogen-bond donors (Lipinski definition) is 0. The average molecular weight is 230 g/mol. The molecule has 0 spiro atoms. The van der Waals surface area contributed by atoms with Gasteiger partial charge in [0, 0.05) is 5.56 Å². The first-order chi connectivity index (χ1) is 7.20. The van der Waals surface area contributed by atoms with Crippen molar-refractivity contribution in [3.63, 3.8) is 0 Å². The summed E-state index contributed by atoms with van der Waals surface area (Å²) in [6.07, 6.45) is 1.38. The molecule has 0 amide bonds. The Hall–Kier alpha value is -1.42. The number of oxazole rings is 1. The van der Waals surface area contributed by atoms with Gasteiger partial charge >= 0.3 is 0 Å². The normalized spacial score (nSPS) is 10.6. The van der Waals surface area contributed by atoms with Crippen LogP contribution in [0.3, 0.4) is 0 Å². The Morgan fingerprint density at radius 1 is 1.27 bits per heavy atom. The Morgan fingerprint density at radius 2 is 2.07 bits per heavy atom. The standard InChI is InChI=1S/C10H6ClF2NO/c11-4-7-5-15-10(14-7)6-1-2-8(12)9(13)3-6/h1-3,5H,4H2. The minimum atomic E-state index is -0.932. The van der Waals surface area contributed by atoms with Crippen molar-refractivity contribution in [3.8, 4) is 11.5 Å². The molecule has 0 bridgehead atoms. The summed E-state index contributed by atoms with van der Waals surface area (Å²) in [6.45, 7) is 0. The molecule has 2 aromatic rings. The van der Waals surface area contributed by atoms with Gasteiger partial charge in [0.05, 0.1) is 11.6 Å². The third-order valence-corrected chi connectivity index (χ3v) is 2.13. The lowest BCUT2D eigenvalue weighted by atomic mass is 10.2. The molecule has 0 fully saturated rings. The van der Waals surface area contributed by atoms with E-state index in [1.54, 1.807) is 0 Å². The second-order valence-electron chi connectivity index (χ2n) is 2.91. The third kappa shape index (κ3) is 1.99. The van der Waals surface area contributed by atoms with Crippen molar-refractivity contribution in [1.82, 2.24) is 4.98 Å². The van der Waals surface area contributed by atoms with Crippen molar-refractivity contribution in [1.29, 1.82) is 0 Å². The van der Waals surface area contributed by atoms with Crippen LogP contribution in [-0.4, -0.2) is 4.98 Å². The van der Waals surface area contributed by atoms with Crippen molar-refractivity contribution >= 4 is 11.6 Å². The van der Waals surface area contributed by atoms with Crippen LogP contribution in [-0.2, 0) is 5.88 Å². The van der Waals surface area contributed by atoms with Crippen molar-refractivity contribution < 1.29 is 13.2 Å². The van der Waals surface area contributed by atoms with Gasteiger partial charge in [-0.25, -0.2) is 13.8 Å². The molecule has 1 heterocycles. The highest BCUT2D eigenvalue weighted by Crippen LogP contribution is 2.21. The second-order valence-corrected chi connectivity index (χ2v) is 3.17. The van der Waals surface area contributed by atoms with Gasteiger partial charge in [-0.05, 0) is 18.2 Å². The van der Waals surface area contributed by atoms with E-state index in [0.29, 0.717) is 11.3 Å². The van der Waals surface area contributed by atoms with Gasteiger partial charge in [0.2, 0.25) is 5.89 Å². The molecule has 5 heteroatoms. The van der Waals surface area contributed by atoms with E-state index >= 15 is 0 Å². The van der Waals surface area contributed by atoms with Crippen LogP contribution in [0.1, 0.15) is 5.69 Å². The van der Waals surface area contributed by atoms with E-state index < -0.39 is 11.6 Å². The number of aromatic nitrogens is 1. The van der Waals surface area contributed by atoms with Crippen LogP contribution in [0.25, 0.3) is 11.5 Å². The van der Waals surface area contributed by atoms with Crippen LogP contribution < -0.4 is 0 Å². The van der Waals surface area contributed by atoms with Gasteiger partial charge in [0.15, 0.2) is 11.6 Å². The van der Waals surface area contributed by atoms with Gasteiger partial charge in [0.1, 0.15) is 6.26 Å². The maximum absolute atomic E-state index is 12.9. The lowest BCUT2D eigenvalue weighted by molar-refractivity contribution is 0.507. The molecule has 0 radical (unpaired) electrons. The van der Waals surface area contributed by atoms with Gasteiger partial charge < -0.3 is 4.42 Å². The van der Waals surface area contributed by atoms with Crippen molar-refractivity contribution in [3.05, 3.63) is 41.8 Å². The van der Waals surface area contributed by atoms with Gasteiger partial charge in [-0.1, -0.05) is 0 Å². The summed E-state index contributed by atoms with van der Waals surface area (Å²) < 4.78 is 30.6. The first kappa shape index (κ1) is 10.1. The molecule has 0 saturated carbocycles. The molecule has 0 aliphatic heterocycles. The van der Waals surface area contributed by atoms with Crippen molar-refractivity contribution in [2.24, 2.45) is 0 Å². The molecule has 0 saturated heterocycles. The van der Waals surface area contributed by atoms with Crippen LogP contribution >= 0.6 is 11.6 Å². The second kappa shape index (κ2) is 3.98. The first-order valence-electron chi connectivity index (χ1n) is 4.16. The quantitative estimate of drug-likeness (QED) is 0.738. The van der Waals surface area contributed by atoms with Crippen LogP contribution in [0.5, 0.6) is 0 Å². The first-order valence-corrected chi connectivity index (χ1v) is 4.70. The highest BCUT2D eigenvalue weighted by Gasteiger charge is 2.09. The summed E-state index contributed by atoms with van der Waals surface area (Å²) in [5.74, 6) is -1.39. The van der Waals surface area contributed by atoms with E-state index in [0.717, 1.165) is 12.1 Å². The third-order valence-electron chi connectivity index (χ3n) is 1.86. The van der Waals surface area contributed by atoms with Crippen LogP contribution in [0, 0.1) is 11.6 Å². The topological polar surface area (TPSA) is 26.0 Å². The fourth-order valence-corrected chi connectivity index (χ4v) is 1.25. The molecule has 1 aromatic heterocycles. The molecular formula is C10H6ClF2NO. The van der Waals surface area contributed by atoms with Gasteiger partial charge in [0.25, 0.3) is 0 Å². The summed E-state index contributed by atoms with van der Waals surface area (Å²) >= 11 is 5.53. The van der Waals surface area contributed by atoms with E-state index in [4.69, 9.17) is 16.0 Å². The molecular weight excluding hydrogens is 224 g/mol. The fraction of sp³-hybridized carbons (Fsp3) is 0.100. The maximum Gasteiger partial charge on any atom is 0.226 e. The molecule has 2 nitrogen and oxygen atoms in total. The minimum absolute atomic E-state index is 0.215.